The van der Waals surface area contributed by atoms with Crippen LogP contribution in [0.1, 0.15) is 284 Å². The number of nitrogens with zero attached hydrogens (tertiary/aromatic N) is 1. The van der Waals surface area contributed by atoms with Gasteiger partial charge in [-0.05, 0) is 103 Å². The maximum atomic E-state index is 12.9. The molecule has 0 aromatic heterocycles. The molecule has 0 rings (SSSR count). The van der Waals surface area contributed by atoms with Gasteiger partial charge in [0.1, 0.15) is 19.8 Å². The van der Waals surface area contributed by atoms with Gasteiger partial charge < -0.3 is 18.9 Å². The summed E-state index contributed by atoms with van der Waals surface area (Å²) in [7, 11) is 1.46. The predicted octanol–water partition coefficient (Wildman–Crippen LogP) is 22.3. The predicted molar refractivity (Wildman–Crippen MR) is 362 cm³/mol. The third-order valence-corrected chi connectivity index (χ3v) is 15.5. The van der Waals surface area contributed by atoms with E-state index in [0.29, 0.717) is 17.4 Å². The highest BCUT2D eigenvalue weighted by Gasteiger charge is 2.27. The van der Waals surface area contributed by atoms with E-state index >= 15 is 0 Å². The zero-order valence-electron chi connectivity index (χ0n) is 54.9. The zero-order chi connectivity index (χ0) is 61.2. The molecule has 2 unspecified atom stereocenters. The second kappa shape index (κ2) is 63.9. The van der Waals surface area contributed by atoms with E-state index in [1.807, 2.05) is 21.1 Å². The number of phosphoric ester groups is 1. The van der Waals surface area contributed by atoms with Gasteiger partial charge in [0.25, 0.3) is 0 Å². The molecule has 0 aliphatic rings. The van der Waals surface area contributed by atoms with Crippen LogP contribution in [-0.4, -0.2) is 74.9 Å². The number of carbonyl (C=O) groups is 2. The molecule has 10 heteroatoms. The van der Waals surface area contributed by atoms with Crippen molar-refractivity contribution in [2.75, 3.05) is 47.5 Å². The topological polar surface area (TPSA) is 108 Å². The molecule has 0 saturated heterocycles. The van der Waals surface area contributed by atoms with Gasteiger partial charge in [0, 0.05) is 12.8 Å². The minimum atomic E-state index is -4.40. The van der Waals surface area contributed by atoms with Crippen LogP contribution in [0.2, 0.25) is 0 Å². The van der Waals surface area contributed by atoms with Gasteiger partial charge in [0.05, 0.1) is 27.7 Å². The maximum absolute atomic E-state index is 12.9. The number of hydrogen-bond donors (Lipinski definition) is 1. The van der Waals surface area contributed by atoms with Crippen molar-refractivity contribution < 1.29 is 42.1 Å². The number of quaternary nitrogens is 1. The number of ether oxygens (including phenoxy) is 2. The van der Waals surface area contributed by atoms with Gasteiger partial charge >= 0.3 is 19.8 Å². The number of esters is 2. The van der Waals surface area contributed by atoms with Crippen LogP contribution in [0.5, 0.6) is 0 Å². The van der Waals surface area contributed by atoms with E-state index in [1.165, 1.54) is 128 Å². The van der Waals surface area contributed by atoms with Crippen LogP contribution in [0.4, 0.5) is 0 Å². The average molecular weight is 1190 g/mol. The molecule has 0 fully saturated rings. The summed E-state index contributed by atoms with van der Waals surface area (Å²) in [6.45, 7) is 4.20. The van der Waals surface area contributed by atoms with Gasteiger partial charge in [-0.15, -0.1) is 0 Å². The van der Waals surface area contributed by atoms with Gasteiger partial charge in [-0.2, -0.15) is 0 Å². The lowest BCUT2D eigenvalue weighted by Gasteiger charge is -2.24. The summed E-state index contributed by atoms with van der Waals surface area (Å²) in [4.78, 5) is 35.8. The van der Waals surface area contributed by atoms with Gasteiger partial charge in [-0.25, -0.2) is 4.57 Å². The van der Waals surface area contributed by atoms with E-state index < -0.39 is 26.5 Å². The van der Waals surface area contributed by atoms with E-state index in [1.54, 1.807) is 0 Å². The molecule has 0 spiro atoms. The number of carbonyl (C=O) groups excluding carboxylic acids is 2. The first-order valence-electron chi connectivity index (χ1n) is 34.3. The number of allylic oxidation sites excluding steroid dienone is 20. The van der Waals surface area contributed by atoms with E-state index in [-0.39, 0.29) is 32.0 Å². The third kappa shape index (κ3) is 67.5. The first-order chi connectivity index (χ1) is 41.0. The molecular formula is C74H129NO8P+. The molecule has 0 amide bonds. The van der Waals surface area contributed by atoms with Crippen LogP contribution in [0.15, 0.2) is 122 Å². The Morgan fingerprint density at radius 1 is 0.369 bits per heavy atom. The Labute approximate surface area is 518 Å². The number of unbranched alkanes of at least 4 members (excludes halogenated alkanes) is 28. The molecule has 2 atom stereocenters. The van der Waals surface area contributed by atoms with Gasteiger partial charge in [0.15, 0.2) is 6.10 Å². The lowest BCUT2D eigenvalue weighted by molar-refractivity contribution is -0.870. The fourth-order valence-electron chi connectivity index (χ4n) is 9.31. The molecule has 482 valence electrons. The van der Waals surface area contributed by atoms with E-state index in [4.69, 9.17) is 18.5 Å². The summed E-state index contributed by atoms with van der Waals surface area (Å²) in [6.07, 6.45) is 91.6. The summed E-state index contributed by atoms with van der Waals surface area (Å²) in [6, 6.07) is 0. The Kier molecular flexibility index (Phi) is 61.2. The Bertz CT molecular complexity index is 1830. The molecular weight excluding hydrogens is 1060 g/mol. The Morgan fingerprint density at radius 2 is 0.643 bits per heavy atom. The quantitative estimate of drug-likeness (QED) is 0.0211. The SMILES string of the molecule is CC/C=C\C/C=C\C/C=C\C/C=C\C/C=C\C/C=C\CCCCCCCCC(=O)OC(COC(=O)CCCCCCCCCCCCCCCCCCCCCCCC/C=C\C/C=C\C/C=C\C/C=C\CC)COP(=O)(O)OCC[N+](C)(C)C. The molecule has 0 bridgehead atoms. The average Bonchev–Trinajstić information content (AvgIpc) is 3.60. The molecule has 0 saturated carbocycles. The minimum Gasteiger partial charge on any atom is -0.462 e. The monoisotopic (exact) mass is 1190 g/mol. The first kappa shape index (κ1) is 80.4. The number of hydrogen-bond acceptors (Lipinski definition) is 7. The minimum absolute atomic E-state index is 0.0241. The lowest BCUT2D eigenvalue weighted by Crippen LogP contribution is -2.37. The van der Waals surface area contributed by atoms with E-state index in [9.17, 15) is 19.0 Å². The highest BCUT2D eigenvalue weighted by Crippen LogP contribution is 2.43. The molecule has 1 N–H and O–H groups in total. The van der Waals surface area contributed by atoms with Crippen molar-refractivity contribution in [3.8, 4) is 0 Å². The van der Waals surface area contributed by atoms with E-state index in [2.05, 4.69) is 135 Å². The van der Waals surface area contributed by atoms with Crippen LogP contribution in [-0.2, 0) is 32.7 Å². The van der Waals surface area contributed by atoms with Crippen molar-refractivity contribution in [1.29, 1.82) is 0 Å². The first-order valence-corrected chi connectivity index (χ1v) is 35.8. The van der Waals surface area contributed by atoms with Crippen molar-refractivity contribution in [2.24, 2.45) is 0 Å². The van der Waals surface area contributed by atoms with Crippen LogP contribution in [0.25, 0.3) is 0 Å². The molecule has 0 aromatic carbocycles. The molecule has 0 radical (unpaired) electrons. The van der Waals surface area contributed by atoms with Crippen LogP contribution >= 0.6 is 7.82 Å². The summed E-state index contributed by atoms with van der Waals surface area (Å²) in [5.74, 6) is -0.811. The Morgan fingerprint density at radius 3 is 0.952 bits per heavy atom. The number of likely N-dealkylation sites (N-methyl/N-ethyl adjacent to an activating group) is 1. The number of rotatable bonds is 62. The Balaban J connectivity index is 4.05. The van der Waals surface area contributed by atoms with Crippen molar-refractivity contribution >= 4 is 19.8 Å². The molecule has 9 nitrogen and oxygen atoms in total. The van der Waals surface area contributed by atoms with Crippen LogP contribution in [0.3, 0.4) is 0 Å². The molecule has 0 heterocycles. The van der Waals surface area contributed by atoms with Crippen LogP contribution in [0, 0.1) is 0 Å². The maximum Gasteiger partial charge on any atom is 0.472 e. The Hall–Kier alpha value is -3.59. The highest BCUT2D eigenvalue weighted by molar-refractivity contribution is 7.47. The molecule has 0 aliphatic carbocycles. The zero-order valence-corrected chi connectivity index (χ0v) is 55.7. The normalized spacial score (nSPS) is 13.9. The van der Waals surface area contributed by atoms with Crippen LogP contribution < -0.4 is 0 Å². The lowest BCUT2D eigenvalue weighted by atomic mass is 10.0. The molecule has 84 heavy (non-hydrogen) atoms. The molecule has 0 aromatic rings. The van der Waals surface area contributed by atoms with Crippen molar-refractivity contribution in [3.05, 3.63) is 122 Å². The highest BCUT2D eigenvalue weighted by atomic mass is 31.2. The van der Waals surface area contributed by atoms with E-state index in [0.717, 1.165) is 122 Å². The summed E-state index contributed by atoms with van der Waals surface area (Å²) >= 11 is 0. The third-order valence-electron chi connectivity index (χ3n) is 14.5. The summed E-state index contributed by atoms with van der Waals surface area (Å²) in [5.41, 5.74) is 0. The summed E-state index contributed by atoms with van der Waals surface area (Å²) < 4.78 is 34.7. The number of phosphoric acid groups is 1. The second-order valence-electron chi connectivity index (χ2n) is 23.8. The van der Waals surface area contributed by atoms with Gasteiger partial charge in [-0.3, -0.25) is 18.6 Å². The van der Waals surface area contributed by atoms with Crippen molar-refractivity contribution in [3.63, 3.8) is 0 Å². The second-order valence-corrected chi connectivity index (χ2v) is 25.3. The molecule has 0 aliphatic heterocycles. The van der Waals surface area contributed by atoms with Crippen molar-refractivity contribution in [1.82, 2.24) is 0 Å². The fourth-order valence-corrected chi connectivity index (χ4v) is 10.0. The largest absolute Gasteiger partial charge is 0.472 e. The van der Waals surface area contributed by atoms with Crippen molar-refractivity contribution in [2.45, 2.75) is 290 Å². The van der Waals surface area contributed by atoms with Gasteiger partial charge in [0.2, 0.25) is 0 Å². The standard InChI is InChI=1S/C74H128NO8P/c1-6-8-10-12-14-16-18-20-22-24-26-28-30-32-33-34-35-36-37-38-39-40-41-43-44-46-48-50-52-54-56-58-60-62-64-66-73(76)80-70-72(71-82-84(78,79)81-69-68-75(3,4)5)83-74(77)67-65-63-61-59-57-55-53-51-49-47-45-42-31-29-27-25-23-21-19-17-15-13-11-9-7-2/h8-11,14-17,20-23,26-29,42,45,49,51,72H,6-7,12-13,18-19,24-25,30-41,43-44,46-48,50,52-71H2,1-5H3/p+1/b10-8-,11-9-,16-14-,17-15-,22-20-,23-21-,28-26-,29-27-,45-42-,51-49-. The summed E-state index contributed by atoms with van der Waals surface area (Å²) in [5, 5.41) is 0. The fraction of sp³-hybridized carbons (Fsp3) is 0.703. The smallest absolute Gasteiger partial charge is 0.462 e. The van der Waals surface area contributed by atoms with Gasteiger partial charge in [-0.1, -0.05) is 289 Å².